The van der Waals surface area contributed by atoms with Crippen molar-refractivity contribution >= 4 is 11.6 Å². The van der Waals surface area contributed by atoms with Crippen molar-refractivity contribution in [2.45, 2.75) is 31.4 Å². The first-order valence-electron chi connectivity index (χ1n) is 8.13. The minimum absolute atomic E-state index is 0.182. The summed E-state index contributed by atoms with van der Waals surface area (Å²) in [5.41, 5.74) is 0. The van der Waals surface area contributed by atoms with Crippen molar-refractivity contribution < 1.29 is 14.6 Å². The predicted molar refractivity (Wildman–Crippen MR) is 86.5 cm³/mol. The van der Waals surface area contributed by atoms with Crippen LogP contribution in [0, 0.1) is 5.92 Å². The number of aliphatic hydroxyl groups is 1. The van der Waals surface area contributed by atoms with Crippen molar-refractivity contribution in [1.82, 2.24) is 4.90 Å². The zero-order valence-corrected chi connectivity index (χ0v) is 13.5. The van der Waals surface area contributed by atoms with Crippen LogP contribution >= 0.6 is 11.6 Å². The molecule has 1 saturated heterocycles. The SMILES string of the molecule is OC1CCCC1C1COCCN1CCOc1ccccc1Cl. The van der Waals surface area contributed by atoms with Crippen LogP contribution in [0.3, 0.4) is 0 Å². The molecule has 1 heterocycles. The number of rotatable bonds is 5. The molecule has 122 valence electrons. The summed E-state index contributed by atoms with van der Waals surface area (Å²) in [5, 5.41) is 10.8. The van der Waals surface area contributed by atoms with Gasteiger partial charge in [-0.25, -0.2) is 0 Å². The fraction of sp³-hybridized carbons (Fsp3) is 0.647. The second-order valence-corrected chi connectivity index (χ2v) is 6.53. The Hall–Kier alpha value is -0.810. The summed E-state index contributed by atoms with van der Waals surface area (Å²) in [7, 11) is 0. The number of hydrogen-bond acceptors (Lipinski definition) is 4. The Kier molecular flexibility index (Phi) is 5.58. The molecule has 1 aliphatic carbocycles. The van der Waals surface area contributed by atoms with Crippen molar-refractivity contribution in [3.63, 3.8) is 0 Å². The van der Waals surface area contributed by atoms with Gasteiger partial charge in [-0.15, -0.1) is 0 Å². The van der Waals surface area contributed by atoms with Gasteiger partial charge in [0, 0.05) is 25.0 Å². The lowest BCUT2D eigenvalue weighted by Gasteiger charge is -2.40. The summed E-state index contributed by atoms with van der Waals surface area (Å²) < 4.78 is 11.4. The smallest absolute Gasteiger partial charge is 0.137 e. The second kappa shape index (κ2) is 7.64. The molecule has 0 bridgehead atoms. The molecule has 3 rings (SSSR count). The second-order valence-electron chi connectivity index (χ2n) is 6.12. The third-order valence-electron chi connectivity index (χ3n) is 4.78. The van der Waals surface area contributed by atoms with Gasteiger partial charge in [-0.3, -0.25) is 4.90 Å². The number of ether oxygens (including phenoxy) is 2. The maximum Gasteiger partial charge on any atom is 0.137 e. The molecule has 1 aromatic rings. The van der Waals surface area contributed by atoms with Crippen LogP contribution in [-0.2, 0) is 4.74 Å². The Morgan fingerprint density at radius 3 is 2.95 bits per heavy atom. The Labute approximate surface area is 137 Å². The lowest BCUT2D eigenvalue weighted by atomic mass is 9.94. The third kappa shape index (κ3) is 3.74. The lowest BCUT2D eigenvalue weighted by Crippen LogP contribution is -2.52. The Morgan fingerprint density at radius 1 is 1.32 bits per heavy atom. The predicted octanol–water partition coefficient (Wildman–Crippen LogP) is 2.58. The van der Waals surface area contributed by atoms with Crippen molar-refractivity contribution in [2.24, 2.45) is 5.92 Å². The number of hydrogen-bond donors (Lipinski definition) is 1. The average molecular weight is 326 g/mol. The molecule has 2 fully saturated rings. The van der Waals surface area contributed by atoms with Gasteiger partial charge in [0.1, 0.15) is 12.4 Å². The van der Waals surface area contributed by atoms with Crippen molar-refractivity contribution in [2.75, 3.05) is 32.9 Å². The molecule has 0 aromatic heterocycles. The van der Waals surface area contributed by atoms with Crippen LogP contribution in [0.2, 0.25) is 5.02 Å². The third-order valence-corrected chi connectivity index (χ3v) is 5.09. The van der Waals surface area contributed by atoms with E-state index in [1.165, 1.54) is 0 Å². The van der Waals surface area contributed by atoms with E-state index >= 15 is 0 Å². The van der Waals surface area contributed by atoms with Crippen molar-refractivity contribution in [3.8, 4) is 5.75 Å². The summed E-state index contributed by atoms with van der Waals surface area (Å²) in [6.07, 6.45) is 2.95. The first-order chi connectivity index (χ1) is 10.8. The van der Waals surface area contributed by atoms with Crippen LogP contribution in [-0.4, -0.2) is 55.1 Å². The normalized spacial score (nSPS) is 29.6. The van der Waals surface area contributed by atoms with Gasteiger partial charge in [-0.1, -0.05) is 30.2 Å². The van der Waals surface area contributed by atoms with Crippen LogP contribution < -0.4 is 4.74 Å². The van der Waals surface area contributed by atoms with E-state index in [9.17, 15) is 5.11 Å². The first-order valence-corrected chi connectivity index (χ1v) is 8.50. The van der Waals surface area contributed by atoms with Gasteiger partial charge >= 0.3 is 0 Å². The Morgan fingerprint density at radius 2 is 2.18 bits per heavy atom. The summed E-state index contributed by atoms with van der Waals surface area (Å²) in [4.78, 5) is 2.40. The van der Waals surface area contributed by atoms with E-state index in [0.29, 0.717) is 30.2 Å². The van der Waals surface area contributed by atoms with Gasteiger partial charge in [0.15, 0.2) is 0 Å². The lowest BCUT2D eigenvalue weighted by molar-refractivity contribution is -0.0532. The highest BCUT2D eigenvalue weighted by Gasteiger charge is 2.37. The molecule has 22 heavy (non-hydrogen) atoms. The molecule has 1 saturated carbocycles. The van der Waals surface area contributed by atoms with Crippen LogP contribution in [0.1, 0.15) is 19.3 Å². The molecule has 1 N–H and O–H groups in total. The van der Waals surface area contributed by atoms with E-state index in [0.717, 1.165) is 44.7 Å². The zero-order valence-electron chi connectivity index (χ0n) is 12.8. The summed E-state index contributed by atoms with van der Waals surface area (Å²) in [6.45, 7) is 3.81. The van der Waals surface area contributed by atoms with Crippen LogP contribution in [0.25, 0.3) is 0 Å². The molecule has 0 radical (unpaired) electrons. The molecule has 2 aliphatic rings. The van der Waals surface area contributed by atoms with Crippen molar-refractivity contribution in [3.05, 3.63) is 29.3 Å². The van der Waals surface area contributed by atoms with Crippen molar-refractivity contribution in [1.29, 1.82) is 0 Å². The fourth-order valence-electron chi connectivity index (χ4n) is 3.58. The minimum atomic E-state index is -0.182. The Bertz CT molecular complexity index is 485. The Balaban J connectivity index is 1.54. The molecule has 4 nitrogen and oxygen atoms in total. The van der Waals surface area contributed by atoms with E-state index < -0.39 is 0 Å². The molecule has 0 amide bonds. The van der Waals surface area contributed by atoms with Crippen LogP contribution in [0.5, 0.6) is 5.75 Å². The van der Waals surface area contributed by atoms with Gasteiger partial charge in [0.05, 0.1) is 24.3 Å². The molecule has 0 spiro atoms. The molecule has 5 heteroatoms. The van der Waals surface area contributed by atoms with E-state index in [4.69, 9.17) is 21.1 Å². The standard InChI is InChI=1S/C17H24ClNO3/c18-14-5-1-2-7-17(14)22-11-9-19-8-10-21-12-15(19)13-4-3-6-16(13)20/h1-2,5,7,13,15-16,20H,3-4,6,8-12H2. The fourth-order valence-corrected chi connectivity index (χ4v) is 3.77. The molecular formula is C17H24ClNO3. The monoisotopic (exact) mass is 325 g/mol. The quantitative estimate of drug-likeness (QED) is 0.903. The highest BCUT2D eigenvalue weighted by Crippen LogP contribution is 2.32. The van der Waals surface area contributed by atoms with Gasteiger partial charge in [-0.2, -0.15) is 0 Å². The largest absolute Gasteiger partial charge is 0.491 e. The van der Waals surface area contributed by atoms with Gasteiger partial charge < -0.3 is 14.6 Å². The molecular weight excluding hydrogens is 302 g/mol. The summed E-state index contributed by atoms with van der Waals surface area (Å²) in [5.74, 6) is 1.07. The first kappa shape index (κ1) is 16.1. The van der Waals surface area contributed by atoms with E-state index in [1.54, 1.807) is 0 Å². The van der Waals surface area contributed by atoms with Gasteiger partial charge in [-0.05, 0) is 25.0 Å². The number of benzene rings is 1. The van der Waals surface area contributed by atoms with Crippen LogP contribution in [0.4, 0.5) is 0 Å². The highest BCUT2D eigenvalue weighted by atomic mass is 35.5. The van der Waals surface area contributed by atoms with Gasteiger partial charge in [0.2, 0.25) is 0 Å². The average Bonchev–Trinajstić information content (AvgIpc) is 2.96. The van der Waals surface area contributed by atoms with E-state index in [1.807, 2.05) is 24.3 Å². The number of halogens is 1. The molecule has 1 aliphatic heterocycles. The number of aliphatic hydroxyl groups excluding tert-OH is 1. The molecule has 1 aromatic carbocycles. The van der Waals surface area contributed by atoms with Crippen LogP contribution in [0.15, 0.2) is 24.3 Å². The zero-order chi connectivity index (χ0) is 15.4. The number of morpholine rings is 1. The number of nitrogens with zero attached hydrogens (tertiary/aromatic N) is 1. The summed E-state index contributed by atoms with van der Waals surface area (Å²) >= 11 is 6.11. The molecule has 3 unspecified atom stereocenters. The summed E-state index contributed by atoms with van der Waals surface area (Å²) in [6, 6.07) is 7.85. The minimum Gasteiger partial charge on any atom is -0.491 e. The van der Waals surface area contributed by atoms with E-state index in [2.05, 4.69) is 4.90 Å². The van der Waals surface area contributed by atoms with Gasteiger partial charge in [0.25, 0.3) is 0 Å². The number of para-hydroxylation sites is 1. The van der Waals surface area contributed by atoms with E-state index in [-0.39, 0.29) is 6.10 Å². The topological polar surface area (TPSA) is 41.9 Å². The highest BCUT2D eigenvalue weighted by molar-refractivity contribution is 6.32. The molecule has 3 atom stereocenters. The maximum absolute atomic E-state index is 10.2. The maximum atomic E-state index is 10.2.